The third-order valence-electron chi connectivity index (χ3n) is 3.41. The summed E-state index contributed by atoms with van der Waals surface area (Å²) in [5.41, 5.74) is 7.36. The fraction of sp³-hybridized carbons (Fsp3) is 0.769. The molecule has 104 valence electrons. The highest BCUT2D eigenvalue weighted by Crippen LogP contribution is 2.32. The second-order valence-electron chi connectivity index (χ2n) is 5.61. The Morgan fingerprint density at radius 2 is 2.11 bits per heavy atom. The summed E-state index contributed by atoms with van der Waals surface area (Å²) in [5.74, 6) is 0.480. The summed E-state index contributed by atoms with van der Waals surface area (Å²) in [5, 5.41) is 14.7. The van der Waals surface area contributed by atoms with Gasteiger partial charge in [0.2, 0.25) is 0 Å². The molecule has 0 aliphatic heterocycles. The summed E-state index contributed by atoms with van der Waals surface area (Å²) in [6.07, 6.45) is 1.54. The van der Waals surface area contributed by atoms with Gasteiger partial charge in [-0.15, -0.1) is 0 Å². The number of halogens is 1. The number of nitrogens with two attached hydrogens (primary N) is 1. The van der Waals surface area contributed by atoms with E-state index in [4.69, 9.17) is 17.3 Å². The van der Waals surface area contributed by atoms with E-state index in [0.29, 0.717) is 23.9 Å². The van der Waals surface area contributed by atoms with Crippen LogP contribution in [-0.4, -0.2) is 28.0 Å². The van der Waals surface area contributed by atoms with E-state index in [1.807, 2.05) is 14.0 Å². The third-order valence-corrected chi connectivity index (χ3v) is 3.91. The maximum Gasteiger partial charge on any atom is 0.0847 e. The first-order valence-corrected chi connectivity index (χ1v) is 6.72. The van der Waals surface area contributed by atoms with Gasteiger partial charge in [-0.05, 0) is 25.7 Å². The first kappa shape index (κ1) is 15.5. The van der Waals surface area contributed by atoms with E-state index >= 15 is 0 Å². The number of aromatic nitrogens is 2. The third kappa shape index (κ3) is 3.25. The molecule has 1 unspecified atom stereocenters. The molecule has 4 nitrogen and oxygen atoms in total. The predicted molar refractivity (Wildman–Crippen MR) is 74.7 cm³/mol. The Bertz CT molecular complexity index is 397. The number of hydrogen-bond donors (Lipinski definition) is 2. The van der Waals surface area contributed by atoms with Crippen LogP contribution in [0.4, 0.5) is 0 Å². The molecule has 18 heavy (non-hydrogen) atoms. The number of nitrogens with zero attached hydrogens (tertiary/aromatic N) is 2. The monoisotopic (exact) mass is 273 g/mol. The van der Waals surface area contributed by atoms with Crippen molar-refractivity contribution in [3.8, 4) is 0 Å². The minimum absolute atomic E-state index is 0.0717. The molecule has 1 heterocycles. The highest BCUT2D eigenvalue weighted by molar-refractivity contribution is 6.31. The number of rotatable bonds is 6. The van der Waals surface area contributed by atoms with Crippen molar-refractivity contribution < 1.29 is 5.11 Å². The molecule has 0 radical (unpaired) electrons. The first-order valence-electron chi connectivity index (χ1n) is 6.34. The van der Waals surface area contributed by atoms with Crippen LogP contribution in [0, 0.1) is 18.3 Å². The topological polar surface area (TPSA) is 64.1 Å². The quantitative estimate of drug-likeness (QED) is 0.832. The molecule has 0 aromatic carbocycles. The number of aryl methyl sites for hydroxylation is 2. The Morgan fingerprint density at radius 1 is 1.50 bits per heavy atom. The van der Waals surface area contributed by atoms with Crippen molar-refractivity contribution in [2.45, 2.75) is 33.6 Å². The van der Waals surface area contributed by atoms with Gasteiger partial charge in [0, 0.05) is 19.0 Å². The van der Waals surface area contributed by atoms with Gasteiger partial charge in [-0.3, -0.25) is 4.68 Å². The van der Waals surface area contributed by atoms with Crippen molar-refractivity contribution in [1.29, 1.82) is 0 Å². The van der Waals surface area contributed by atoms with E-state index in [9.17, 15) is 5.11 Å². The highest BCUT2D eigenvalue weighted by atomic mass is 35.5. The lowest BCUT2D eigenvalue weighted by molar-refractivity contribution is 0.106. The molecule has 0 aliphatic rings. The predicted octanol–water partition coefficient (Wildman–Crippen LogP) is 1.91. The summed E-state index contributed by atoms with van der Waals surface area (Å²) < 4.78 is 1.79. The Balaban J connectivity index is 3.03. The van der Waals surface area contributed by atoms with E-state index < -0.39 is 0 Å². The highest BCUT2D eigenvalue weighted by Gasteiger charge is 2.31. The lowest BCUT2D eigenvalue weighted by Gasteiger charge is -2.32. The molecular weight excluding hydrogens is 250 g/mol. The van der Waals surface area contributed by atoms with E-state index in [0.717, 1.165) is 17.8 Å². The molecule has 1 atom stereocenters. The van der Waals surface area contributed by atoms with E-state index in [2.05, 4.69) is 18.9 Å². The zero-order chi connectivity index (χ0) is 13.9. The largest absolute Gasteiger partial charge is 0.396 e. The van der Waals surface area contributed by atoms with Crippen molar-refractivity contribution in [2.75, 3.05) is 13.2 Å². The van der Waals surface area contributed by atoms with Crippen LogP contribution in [0.5, 0.6) is 0 Å². The molecule has 0 bridgehead atoms. The van der Waals surface area contributed by atoms with Crippen molar-refractivity contribution in [3.63, 3.8) is 0 Å². The fourth-order valence-electron chi connectivity index (χ4n) is 2.51. The maximum absolute atomic E-state index is 9.72. The molecule has 1 aromatic heterocycles. The first-order chi connectivity index (χ1) is 8.35. The molecule has 1 aromatic rings. The van der Waals surface area contributed by atoms with Gasteiger partial charge in [0.05, 0.1) is 23.0 Å². The van der Waals surface area contributed by atoms with Crippen molar-refractivity contribution >= 4 is 11.6 Å². The molecule has 0 saturated heterocycles. The van der Waals surface area contributed by atoms with Gasteiger partial charge in [-0.1, -0.05) is 25.4 Å². The van der Waals surface area contributed by atoms with Gasteiger partial charge in [-0.2, -0.15) is 5.10 Å². The molecule has 0 saturated carbocycles. The van der Waals surface area contributed by atoms with Gasteiger partial charge in [0.1, 0.15) is 0 Å². The van der Waals surface area contributed by atoms with Crippen LogP contribution in [0.15, 0.2) is 0 Å². The van der Waals surface area contributed by atoms with Gasteiger partial charge in [0.15, 0.2) is 0 Å². The van der Waals surface area contributed by atoms with Crippen molar-refractivity contribution in [3.05, 3.63) is 16.4 Å². The lowest BCUT2D eigenvalue weighted by atomic mass is 9.77. The fourth-order valence-corrected chi connectivity index (χ4v) is 2.73. The number of hydrogen-bond acceptors (Lipinski definition) is 3. The summed E-state index contributed by atoms with van der Waals surface area (Å²) in [6.45, 7) is 6.67. The Labute approximate surface area is 114 Å². The van der Waals surface area contributed by atoms with Crippen LogP contribution in [0.3, 0.4) is 0 Å². The number of aliphatic hydroxyl groups excluding tert-OH is 1. The molecule has 1 rings (SSSR count). The second kappa shape index (κ2) is 6.04. The van der Waals surface area contributed by atoms with E-state index in [1.165, 1.54) is 0 Å². The van der Waals surface area contributed by atoms with Gasteiger partial charge >= 0.3 is 0 Å². The zero-order valence-corrected chi connectivity index (χ0v) is 12.5. The number of aliphatic hydroxyl groups is 1. The maximum atomic E-state index is 9.72. The standard InChI is InChI=1S/C13H24ClN3O/c1-9(2)5-13(7-15,8-18)6-11-12(14)10(3)16-17(11)4/h9,18H,5-8,15H2,1-4H3. The molecule has 0 fully saturated rings. The minimum Gasteiger partial charge on any atom is -0.396 e. The van der Waals surface area contributed by atoms with Crippen LogP contribution in [0.2, 0.25) is 5.02 Å². The average molecular weight is 274 g/mol. The summed E-state index contributed by atoms with van der Waals surface area (Å²) >= 11 is 6.26. The van der Waals surface area contributed by atoms with Crippen molar-refractivity contribution in [2.24, 2.45) is 24.1 Å². The molecular formula is C13H24ClN3O. The van der Waals surface area contributed by atoms with Gasteiger partial charge < -0.3 is 10.8 Å². The smallest absolute Gasteiger partial charge is 0.0847 e. The van der Waals surface area contributed by atoms with E-state index in [-0.39, 0.29) is 12.0 Å². The minimum atomic E-state index is -0.308. The SMILES string of the molecule is Cc1nn(C)c(CC(CN)(CO)CC(C)C)c1Cl. The normalized spacial score (nSPS) is 15.1. The average Bonchev–Trinajstić information content (AvgIpc) is 2.54. The van der Waals surface area contributed by atoms with Gasteiger partial charge in [-0.25, -0.2) is 0 Å². The Kier molecular flexibility index (Phi) is 5.20. The van der Waals surface area contributed by atoms with Crippen LogP contribution in [-0.2, 0) is 13.5 Å². The summed E-state index contributed by atoms with van der Waals surface area (Å²) in [7, 11) is 1.88. The molecule has 3 N–H and O–H groups in total. The zero-order valence-electron chi connectivity index (χ0n) is 11.7. The lowest BCUT2D eigenvalue weighted by Crippen LogP contribution is -2.38. The summed E-state index contributed by atoms with van der Waals surface area (Å²) in [6, 6.07) is 0. The van der Waals surface area contributed by atoms with Crippen LogP contribution in [0.25, 0.3) is 0 Å². The molecule has 0 aliphatic carbocycles. The van der Waals surface area contributed by atoms with Crippen molar-refractivity contribution in [1.82, 2.24) is 9.78 Å². The Morgan fingerprint density at radius 3 is 2.44 bits per heavy atom. The molecule has 0 amide bonds. The molecule has 5 heteroatoms. The van der Waals surface area contributed by atoms with Crippen LogP contribution in [0.1, 0.15) is 31.7 Å². The second-order valence-corrected chi connectivity index (χ2v) is 5.98. The molecule has 0 spiro atoms. The van der Waals surface area contributed by atoms with Gasteiger partial charge in [0.25, 0.3) is 0 Å². The van der Waals surface area contributed by atoms with Crippen LogP contribution < -0.4 is 5.73 Å². The van der Waals surface area contributed by atoms with E-state index in [1.54, 1.807) is 4.68 Å². The summed E-state index contributed by atoms with van der Waals surface area (Å²) in [4.78, 5) is 0. The Hall–Kier alpha value is -0.580. The van der Waals surface area contributed by atoms with Crippen LogP contribution >= 0.6 is 11.6 Å².